The molecule has 0 fully saturated rings. The first-order chi connectivity index (χ1) is 8.13. The molecule has 0 radical (unpaired) electrons. The highest BCUT2D eigenvalue weighted by Gasteiger charge is 2.16. The van der Waals surface area contributed by atoms with E-state index in [0.717, 1.165) is 0 Å². The second kappa shape index (κ2) is 6.37. The van der Waals surface area contributed by atoms with Gasteiger partial charge in [-0.05, 0) is 30.7 Å². The highest BCUT2D eigenvalue weighted by molar-refractivity contribution is 5.93. The van der Waals surface area contributed by atoms with Gasteiger partial charge in [0, 0.05) is 17.3 Å². The molecule has 0 spiro atoms. The van der Waals surface area contributed by atoms with E-state index in [0.29, 0.717) is 5.56 Å². The fourth-order valence-corrected chi connectivity index (χ4v) is 1.19. The molecule has 0 N–H and O–H groups in total. The van der Waals surface area contributed by atoms with Gasteiger partial charge in [0.05, 0.1) is 6.61 Å². The fourth-order valence-electron chi connectivity index (χ4n) is 1.19. The van der Waals surface area contributed by atoms with Crippen LogP contribution in [0.2, 0.25) is 0 Å². The molecule has 17 heavy (non-hydrogen) atoms. The number of hydrogen-bond acceptors (Lipinski definition) is 5. The van der Waals surface area contributed by atoms with Crippen LogP contribution in [0.4, 0.5) is 0 Å². The van der Waals surface area contributed by atoms with E-state index < -0.39 is 17.4 Å². The van der Waals surface area contributed by atoms with Gasteiger partial charge >= 0.3 is 5.97 Å². The normalized spacial score (nSPS) is 11.0. The molecule has 0 unspecified atom stereocenters. The molecule has 6 heteroatoms. The second-order valence-corrected chi connectivity index (χ2v) is 3.16. The van der Waals surface area contributed by atoms with Gasteiger partial charge in [-0.3, -0.25) is 15.1 Å². The van der Waals surface area contributed by atoms with Gasteiger partial charge in [0.2, 0.25) is 6.54 Å². The maximum atomic E-state index is 11.5. The van der Waals surface area contributed by atoms with Gasteiger partial charge in [-0.25, -0.2) is 4.79 Å². The SMILES string of the molecule is CCOC(=O)C(=Cc1ccncc1)C[N+](=O)[O-]. The molecule has 1 rings (SSSR count). The van der Waals surface area contributed by atoms with Crippen LogP contribution in [0.25, 0.3) is 6.08 Å². The molecule has 90 valence electrons. The lowest BCUT2D eigenvalue weighted by Crippen LogP contribution is -2.15. The molecule has 0 saturated heterocycles. The smallest absolute Gasteiger partial charge is 0.340 e. The predicted octanol–water partition coefficient (Wildman–Crippen LogP) is 1.30. The minimum Gasteiger partial charge on any atom is -0.462 e. The van der Waals surface area contributed by atoms with Gasteiger partial charge < -0.3 is 4.74 Å². The van der Waals surface area contributed by atoms with Crippen molar-refractivity contribution in [1.82, 2.24) is 4.98 Å². The van der Waals surface area contributed by atoms with Crippen LogP contribution in [0.15, 0.2) is 30.1 Å². The molecule has 6 nitrogen and oxygen atoms in total. The zero-order valence-corrected chi connectivity index (χ0v) is 9.33. The average Bonchev–Trinajstić information content (AvgIpc) is 2.29. The number of nitrogens with zero attached hydrogens (tertiary/aromatic N) is 2. The zero-order chi connectivity index (χ0) is 12.7. The Kier molecular flexibility index (Phi) is 4.80. The van der Waals surface area contributed by atoms with Crippen LogP contribution in [0.1, 0.15) is 12.5 Å². The van der Waals surface area contributed by atoms with E-state index in [-0.39, 0.29) is 12.2 Å². The summed E-state index contributed by atoms with van der Waals surface area (Å²) < 4.78 is 4.75. The molecule has 0 amide bonds. The fraction of sp³-hybridized carbons (Fsp3) is 0.273. The molecule has 1 aromatic rings. The summed E-state index contributed by atoms with van der Waals surface area (Å²) in [5.41, 5.74) is 0.688. The Morgan fingerprint density at radius 2 is 2.18 bits per heavy atom. The number of ether oxygens (including phenoxy) is 1. The van der Waals surface area contributed by atoms with Gasteiger partial charge in [-0.2, -0.15) is 0 Å². The van der Waals surface area contributed by atoms with Crippen molar-refractivity contribution in [1.29, 1.82) is 0 Å². The van der Waals surface area contributed by atoms with Crippen molar-refractivity contribution in [2.45, 2.75) is 6.92 Å². The molecular formula is C11H12N2O4. The van der Waals surface area contributed by atoms with E-state index >= 15 is 0 Å². The summed E-state index contributed by atoms with van der Waals surface area (Å²) in [6.45, 7) is 1.28. The van der Waals surface area contributed by atoms with Gasteiger partial charge in [0.15, 0.2) is 0 Å². The molecule has 0 aliphatic rings. The monoisotopic (exact) mass is 236 g/mol. The van der Waals surface area contributed by atoms with Crippen LogP contribution in [0.3, 0.4) is 0 Å². The van der Waals surface area contributed by atoms with Gasteiger partial charge in [0.25, 0.3) is 0 Å². The Hall–Kier alpha value is -2.24. The number of pyridine rings is 1. The van der Waals surface area contributed by atoms with Crippen LogP contribution in [-0.4, -0.2) is 29.0 Å². The highest BCUT2D eigenvalue weighted by Crippen LogP contribution is 2.07. The van der Waals surface area contributed by atoms with E-state index in [4.69, 9.17) is 4.74 Å². The summed E-state index contributed by atoms with van der Waals surface area (Å²) in [7, 11) is 0. The van der Waals surface area contributed by atoms with Crippen LogP contribution in [0, 0.1) is 10.1 Å². The van der Waals surface area contributed by atoms with Crippen molar-refractivity contribution in [2.24, 2.45) is 0 Å². The number of aromatic nitrogens is 1. The maximum absolute atomic E-state index is 11.5. The quantitative estimate of drug-likeness (QED) is 0.333. The summed E-state index contributed by atoms with van der Waals surface area (Å²) in [4.78, 5) is 25.2. The Morgan fingerprint density at radius 3 is 2.71 bits per heavy atom. The third-order valence-electron chi connectivity index (χ3n) is 1.88. The van der Waals surface area contributed by atoms with Crippen molar-refractivity contribution < 1.29 is 14.5 Å². The average molecular weight is 236 g/mol. The molecule has 0 saturated carbocycles. The topological polar surface area (TPSA) is 82.3 Å². The highest BCUT2D eigenvalue weighted by atomic mass is 16.6. The van der Waals surface area contributed by atoms with Gasteiger partial charge in [-0.15, -0.1) is 0 Å². The van der Waals surface area contributed by atoms with Crippen LogP contribution in [0.5, 0.6) is 0 Å². The Balaban J connectivity index is 2.93. The number of nitro groups is 1. The lowest BCUT2D eigenvalue weighted by atomic mass is 10.1. The van der Waals surface area contributed by atoms with E-state index in [9.17, 15) is 14.9 Å². The Bertz CT molecular complexity index is 428. The predicted molar refractivity (Wildman–Crippen MR) is 60.7 cm³/mol. The number of rotatable bonds is 5. The van der Waals surface area contributed by atoms with E-state index in [2.05, 4.69) is 4.98 Å². The van der Waals surface area contributed by atoms with Crippen molar-refractivity contribution in [2.75, 3.05) is 13.2 Å². The molecule has 1 aromatic heterocycles. The van der Waals surface area contributed by atoms with E-state index in [1.165, 1.54) is 6.08 Å². The third kappa shape index (κ3) is 4.42. The lowest BCUT2D eigenvalue weighted by molar-refractivity contribution is -0.470. The summed E-state index contributed by atoms with van der Waals surface area (Å²) >= 11 is 0. The van der Waals surface area contributed by atoms with Crippen molar-refractivity contribution in [3.8, 4) is 0 Å². The standard InChI is InChI=1S/C11H12N2O4/c1-2-17-11(14)10(8-13(15)16)7-9-3-5-12-6-4-9/h3-7H,2,8H2,1H3. The molecule has 0 atom stereocenters. The second-order valence-electron chi connectivity index (χ2n) is 3.16. The van der Waals surface area contributed by atoms with E-state index in [1.807, 2.05) is 0 Å². The van der Waals surface area contributed by atoms with Crippen molar-refractivity contribution >= 4 is 12.0 Å². The zero-order valence-electron chi connectivity index (χ0n) is 9.33. The maximum Gasteiger partial charge on any atom is 0.340 e. The minimum atomic E-state index is -0.666. The van der Waals surface area contributed by atoms with Crippen molar-refractivity contribution in [3.05, 3.63) is 45.8 Å². The van der Waals surface area contributed by atoms with Crippen molar-refractivity contribution in [3.63, 3.8) is 0 Å². The molecule has 0 aliphatic carbocycles. The largest absolute Gasteiger partial charge is 0.462 e. The van der Waals surface area contributed by atoms with Crippen LogP contribution < -0.4 is 0 Å². The number of carbonyl (C=O) groups excluding carboxylic acids is 1. The molecule has 1 heterocycles. The first-order valence-corrected chi connectivity index (χ1v) is 5.03. The van der Waals surface area contributed by atoms with Gasteiger partial charge in [-0.1, -0.05) is 0 Å². The molecular weight excluding hydrogens is 224 g/mol. The molecule has 0 aliphatic heterocycles. The third-order valence-corrected chi connectivity index (χ3v) is 1.88. The Morgan fingerprint density at radius 1 is 1.53 bits per heavy atom. The molecule has 0 aromatic carbocycles. The lowest BCUT2D eigenvalue weighted by Gasteiger charge is -2.03. The Labute approximate surface area is 98.1 Å². The summed E-state index contributed by atoms with van der Waals surface area (Å²) in [5.74, 6) is -0.666. The minimum absolute atomic E-state index is 0.0167. The van der Waals surface area contributed by atoms with Crippen LogP contribution in [-0.2, 0) is 9.53 Å². The number of hydrogen-bond donors (Lipinski definition) is 0. The number of carbonyl (C=O) groups is 1. The first-order valence-electron chi connectivity index (χ1n) is 5.03. The summed E-state index contributed by atoms with van der Waals surface area (Å²) in [6.07, 6.45) is 4.52. The van der Waals surface area contributed by atoms with Gasteiger partial charge in [0.1, 0.15) is 5.57 Å². The molecule has 0 bridgehead atoms. The van der Waals surface area contributed by atoms with Crippen LogP contribution >= 0.6 is 0 Å². The summed E-state index contributed by atoms with van der Waals surface area (Å²) in [5, 5.41) is 10.5. The summed E-state index contributed by atoms with van der Waals surface area (Å²) in [6, 6.07) is 3.30. The number of esters is 1. The van der Waals surface area contributed by atoms with E-state index in [1.54, 1.807) is 31.5 Å². The first kappa shape index (κ1) is 12.8.